The van der Waals surface area contributed by atoms with Crippen molar-refractivity contribution in [2.75, 3.05) is 13.7 Å². The number of likely N-dealkylation sites (tertiary alicyclic amines) is 1. The number of ether oxygens (including phenoxy) is 1. The average Bonchev–Trinajstić information content (AvgIpc) is 3.02. The molecule has 2 unspecified atom stereocenters. The number of benzene rings is 1. The Hall–Kier alpha value is -2.83. The largest absolute Gasteiger partial charge is 0.494 e. The third-order valence-electron chi connectivity index (χ3n) is 5.05. The van der Waals surface area contributed by atoms with Gasteiger partial charge in [-0.1, -0.05) is 12.1 Å². The highest BCUT2D eigenvalue weighted by atomic mass is 16.5. The molecule has 0 radical (unpaired) electrons. The van der Waals surface area contributed by atoms with E-state index in [1.54, 1.807) is 22.9 Å². The number of methoxy groups -OCH3 is 1. The maximum absolute atomic E-state index is 13.0. The van der Waals surface area contributed by atoms with Crippen molar-refractivity contribution < 1.29 is 19.4 Å². The summed E-state index contributed by atoms with van der Waals surface area (Å²) >= 11 is 0. The Balaban J connectivity index is 1.92. The van der Waals surface area contributed by atoms with Gasteiger partial charge in [0.1, 0.15) is 11.4 Å². The minimum Gasteiger partial charge on any atom is -0.494 e. The van der Waals surface area contributed by atoms with Gasteiger partial charge in [0.15, 0.2) is 0 Å². The molecule has 3 rings (SSSR count). The van der Waals surface area contributed by atoms with Crippen molar-refractivity contribution >= 4 is 11.9 Å². The molecule has 1 aliphatic rings. The lowest BCUT2D eigenvalue weighted by Crippen LogP contribution is -2.47. The van der Waals surface area contributed by atoms with E-state index in [4.69, 9.17) is 4.74 Å². The van der Waals surface area contributed by atoms with Crippen LogP contribution in [0.15, 0.2) is 30.5 Å². The number of rotatable bonds is 4. The van der Waals surface area contributed by atoms with Crippen LogP contribution in [-0.4, -0.2) is 51.4 Å². The van der Waals surface area contributed by atoms with E-state index in [9.17, 15) is 14.7 Å². The van der Waals surface area contributed by atoms with Crippen molar-refractivity contribution in [2.24, 2.45) is 5.92 Å². The average molecular weight is 357 g/mol. The first kappa shape index (κ1) is 18.0. The van der Waals surface area contributed by atoms with E-state index in [1.807, 2.05) is 38.1 Å². The fraction of sp³-hybridized carbons (Fsp3) is 0.421. The van der Waals surface area contributed by atoms with E-state index in [0.717, 1.165) is 5.69 Å². The molecule has 0 spiro atoms. The Labute approximate surface area is 152 Å². The minimum atomic E-state index is -0.851. The fourth-order valence-electron chi connectivity index (χ4n) is 3.41. The molecule has 1 amide bonds. The molecule has 2 aromatic rings. The van der Waals surface area contributed by atoms with E-state index in [-0.39, 0.29) is 18.5 Å². The summed E-state index contributed by atoms with van der Waals surface area (Å²) in [7, 11) is 1.59. The SMILES string of the molecule is COc1ccccc1-n1ncc(C(=O)N2CC(C(=O)O)CCC2C)c1C. The highest BCUT2D eigenvalue weighted by molar-refractivity contribution is 5.95. The van der Waals surface area contributed by atoms with Gasteiger partial charge in [-0.2, -0.15) is 5.10 Å². The number of para-hydroxylation sites is 2. The molecule has 0 bridgehead atoms. The maximum Gasteiger partial charge on any atom is 0.308 e. The van der Waals surface area contributed by atoms with Crippen LogP contribution in [0.25, 0.3) is 5.69 Å². The highest BCUT2D eigenvalue weighted by Gasteiger charge is 2.34. The molecule has 1 saturated heterocycles. The zero-order valence-corrected chi connectivity index (χ0v) is 15.2. The number of carboxylic acids is 1. The van der Waals surface area contributed by atoms with Gasteiger partial charge in [0.25, 0.3) is 5.91 Å². The summed E-state index contributed by atoms with van der Waals surface area (Å²) in [5.74, 6) is -0.882. The van der Waals surface area contributed by atoms with Crippen LogP contribution in [0.3, 0.4) is 0 Å². The Bertz CT molecular complexity index is 830. The normalized spacial score (nSPS) is 20.0. The molecule has 1 N–H and O–H groups in total. The van der Waals surface area contributed by atoms with Crippen molar-refractivity contribution in [3.05, 3.63) is 41.7 Å². The molecule has 0 saturated carbocycles. The third-order valence-corrected chi connectivity index (χ3v) is 5.05. The van der Waals surface area contributed by atoms with Gasteiger partial charge in [-0.3, -0.25) is 9.59 Å². The number of amides is 1. The maximum atomic E-state index is 13.0. The number of hydrogen-bond donors (Lipinski definition) is 1. The van der Waals surface area contributed by atoms with Gasteiger partial charge in [-0.25, -0.2) is 4.68 Å². The van der Waals surface area contributed by atoms with Crippen LogP contribution in [0.5, 0.6) is 5.75 Å². The quantitative estimate of drug-likeness (QED) is 0.909. The van der Waals surface area contributed by atoms with E-state index < -0.39 is 11.9 Å². The van der Waals surface area contributed by atoms with E-state index in [1.165, 1.54) is 0 Å². The van der Waals surface area contributed by atoms with Gasteiger partial charge >= 0.3 is 5.97 Å². The molecular weight excluding hydrogens is 334 g/mol. The summed E-state index contributed by atoms with van der Waals surface area (Å²) in [4.78, 5) is 26.0. The third kappa shape index (κ3) is 3.16. The summed E-state index contributed by atoms with van der Waals surface area (Å²) in [6, 6.07) is 7.46. The Morgan fingerprint density at radius 1 is 1.27 bits per heavy atom. The van der Waals surface area contributed by atoms with Gasteiger partial charge in [-0.05, 0) is 38.8 Å². The molecule has 7 heteroatoms. The van der Waals surface area contributed by atoms with Crippen LogP contribution in [0.2, 0.25) is 0 Å². The van der Waals surface area contributed by atoms with Crippen LogP contribution in [-0.2, 0) is 4.79 Å². The second kappa shape index (κ2) is 7.19. The predicted octanol–water partition coefficient (Wildman–Crippen LogP) is 2.51. The molecular formula is C19H23N3O4. The van der Waals surface area contributed by atoms with Gasteiger partial charge in [0.2, 0.25) is 0 Å². The number of piperidine rings is 1. The lowest BCUT2D eigenvalue weighted by molar-refractivity contribution is -0.143. The van der Waals surface area contributed by atoms with Gasteiger partial charge in [0, 0.05) is 12.6 Å². The molecule has 2 heterocycles. The van der Waals surface area contributed by atoms with Crippen LogP contribution in [0, 0.1) is 12.8 Å². The van der Waals surface area contributed by atoms with Crippen LogP contribution in [0.1, 0.15) is 35.8 Å². The van der Waals surface area contributed by atoms with Crippen molar-refractivity contribution in [1.29, 1.82) is 0 Å². The van der Waals surface area contributed by atoms with Gasteiger partial charge in [0.05, 0.1) is 30.5 Å². The highest BCUT2D eigenvalue weighted by Crippen LogP contribution is 2.27. The first-order valence-electron chi connectivity index (χ1n) is 8.65. The molecule has 2 atom stereocenters. The molecule has 7 nitrogen and oxygen atoms in total. The summed E-state index contributed by atoms with van der Waals surface area (Å²) < 4.78 is 7.05. The Morgan fingerprint density at radius 2 is 2.00 bits per heavy atom. The van der Waals surface area contributed by atoms with E-state index >= 15 is 0 Å². The smallest absolute Gasteiger partial charge is 0.308 e. The Morgan fingerprint density at radius 3 is 2.69 bits per heavy atom. The summed E-state index contributed by atoms with van der Waals surface area (Å²) in [5, 5.41) is 13.7. The molecule has 0 aliphatic carbocycles. The van der Waals surface area contributed by atoms with Crippen molar-refractivity contribution in [2.45, 2.75) is 32.7 Å². The van der Waals surface area contributed by atoms with Crippen LogP contribution >= 0.6 is 0 Å². The zero-order chi connectivity index (χ0) is 18.8. The molecule has 1 aliphatic heterocycles. The summed E-state index contributed by atoms with van der Waals surface area (Å²) in [6.07, 6.45) is 2.82. The minimum absolute atomic E-state index is 0.00658. The molecule has 1 aromatic heterocycles. The van der Waals surface area contributed by atoms with Crippen molar-refractivity contribution in [3.63, 3.8) is 0 Å². The first-order chi connectivity index (χ1) is 12.4. The number of aromatic nitrogens is 2. The number of hydrogen-bond acceptors (Lipinski definition) is 4. The molecule has 1 aromatic carbocycles. The molecule has 1 fully saturated rings. The first-order valence-corrected chi connectivity index (χ1v) is 8.65. The zero-order valence-electron chi connectivity index (χ0n) is 15.2. The topological polar surface area (TPSA) is 84.7 Å². The van der Waals surface area contributed by atoms with Gasteiger partial charge in [-0.15, -0.1) is 0 Å². The fourth-order valence-corrected chi connectivity index (χ4v) is 3.41. The second-order valence-corrected chi connectivity index (χ2v) is 6.65. The van der Waals surface area contributed by atoms with Crippen LogP contribution < -0.4 is 4.74 Å². The van der Waals surface area contributed by atoms with E-state index in [2.05, 4.69) is 5.10 Å². The van der Waals surface area contributed by atoms with Crippen molar-refractivity contribution in [3.8, 4) is 11.4 Å². The second-order valence-electron chi connectivity index (χ2n) is 6.65. The number of carbonyl (C=O) groups excluding carboxylic acids is 1. The van der Waals surface area contributed by atoms with E-state index in [0.29, 0.717) is 29.8 Å². The van der Waals surface area contributed by atoms with Crippen LogP contribution in [0.4, 0.5) is 0 Å². The lowest BCUT2D eigenvalue weighted by atomic mass is 9.93. The number of nitrogens with zero attached hydrogens (tertiary/aromatic N) is 3. The van der Waals surface area contributed by atoms with Gasteiger partial charge < -0.3 is 14.7 Å². The Kier molecular flexibility index (Phi) is 4.97. The molecule has 26 heavy (non-hydrogen) atoms. The lowest BCUT2D eigenvalue weighted by Gasteiger charge is -2.36. The number of carboxylic acid groups (broad SMARTS) is 1. The number of aliphatic carboxylic acids is 1. The monoisotopic (exact) mass is 357 g/mol. The predicted molar refractivity (Wildman–Crippen MR) is 95.7 cm³/mol. The summed E-state index contributed by atoms with van der Waals surface area (Å²) in [5.41, 5.74) is 1.93. The summed E-state index contributed by atoms with van der Waals surface area (Å²) in [6.45, 7) is 4.01. The number of carbonyl (C=O) groups is 2. The van der Waals surface area contributed by atoms with Crippen molar-refractivity contribution in [1.82, 2.24) is 14.7 Å². The molecule has 138 valence electrons. The standard InChI is InChI=1S/C19H23N3O4/c1-12-8-9-14(19(24)25)11-21(12)18(23)15-10-20-22(13(15)2)16-6-4-5-7-17(16)26-3/h4-7,10,12,14H,8-9,11H2,1-3H3,(H,24,25).